The molecule has 0 spiro atoms. The Labute approximate surface area is 138 Å². The molecular weight excluding hydrogens is 316 g/mol. The van der Waals surface area contributed by atoms with E-state index in [-0.39, 0.29) is 11.6 Å². The number of carbonyl (C=O) groups is 1. The van der Waals surface area contributed by atoms with Gasteiger partial charge in [0.15, 0.2) is 0 Å². The second kappa shape index (κ2) is 8.10. The number of carbonyl (C=O) groups excluding carboxylic acids is 1. The van der Waals surface area contributed by atoms with Crippen molar-refractivity contribution in [3.8, 4) is 0 Å². The number of nitro benzene ring substituents is 1. The van der Waals surface area contributed by atoms with Gasteiger partial charge in [0.2, 0.25) is 5.91 Å². The van der Waals surface area contributed by atoms with Crippen molar-refractivity contribution in [3.05, 3.63) is 80.9 Å². The zero-order valence-corrected chi connectivity index (χ0v) is 13.0. The van der Waals surface area contributed by atoms with Crippen LogP contribution >= 0.6 is 11.6 Å². The molecule has 0 saturated heterocycles. The van der Waals surface area contributed by atoms with Crippen molar-refractivity contribution in [2.75, 3.05) is 6.54 Å². The Morgan fingerprint density at radius 2 is 1.96 bits per heavy atom. The van der Waals surface area contributed by atoms with E-state index in [0.29, 0.717) is 18.0 Å². The third kappa shape index (κ3) is 5.56. The van der Waals surface area contributed by atoms with Crippen LogP contribution in [-0.2, 0) is 11.2 Å². The molecule has 0 aliphatic carbocycles. The van der Waals surface area contributed by atoms with Crippen molar-refractivity contribution in [2.45, 2.75) is 6.42 Å². The average Bonchev–Trinajstić information content (AvgIpc) is 2.53. The van der Waals surface area contributed by atoms with Gasteiger partial charge in [-0.1, -0.05) is 23.7 Å². The first-order valence-electron chi connectivity index (χ1n) is 6.99. The van der Waals surface area contributed by atoms with Crippen molar-refractivity contribution in [3.63, 3.8) is 0 Å². The van der Waals surface area contributed by atoms with Crippen molar-refractivity contribution in [1.29, 1.82) is 0 Å². The molecule has 2 aromatic carbocycles. The van der Waals surface area contributed by atoms with Gasteiger partial charge in [0.1, 0.15) is 0 Å². The number of benzene rings is 2. The normalized spacial score (nSPS) is 10.7. The summed E-state index contributed by atoms with van der Waals surface area (Å²) in [6.07, 6.45) is 3.70. The molecule has 0 radical (unpaired) electrons. The Balaban J connectivity index is 1.81. The highest BCUT2D eigenvalue weighted by molar-refractivity contribution is 6.30. The highest BCUT2D eigenvalue weighted by Crippen LogP contribution is 2.13. The Bertz CT molecular complexity index is 727. The summed E-state index contributed by atoms with van der Waals surface area (Å²) < 4.78 is 0. The number of hydrogen-bond acceptors (Lipinski definition) is 3. The summed E-state index contributed by atoms with van der Waals surface area (Å²) in [5.74, 6) is -0.217. The molecule has 1 amide bonds. The van der Waals surface area contributed by atoms with Crippen molar-refractivity contribution in [1.82, 2.24) is 5.32 Å². The fraction of sp³-hybridized carbons (Fsp3) is 0.118. The van der Waals surface area contributed by atoms with Crippen LogP contribution in [0.4, 0.5) is 5.69 Å². The van der Waals surface area contributed by atoms with Gasteiger partial charge in [-0.25, -0.2) is 0 Å². The minimum absolute atomic E-state index is 0.0214. The molecule has 0 aliphatic rings. The monoisotopic (exact) mass is 330 g/mol. The molecule has 0 unspecified atom stereocenters. The minimum atomic E-state index is -0.462. The standard InChI is InChI=1S/C17H15ClN2O3/c18-15-3-1-2-14(12-15)10-11-19-17(21)9-6-13-4-7-16(8-5-13)20(22)23/h1-9,12H,10-11H2,(H,19,21)/b9-6+. The molecule has 0 heterocycles. The van der Waals surface area contributed by atoms with Crippen LogP contribution in [-0.4, -0.2) is 17.4 Å². The summed E-state index contributed by atoms with van der Waals surface area (Å²) >= 11 is 5.89. The Kier molecular flexibility index (Phi) is 5.88. The smallest absolute Gasteiger partial charge is 0.269 e. The molecule has 2 rings (SSSR count). The van der Waals surface area contributed by atoms with Crippen LogP contribution in [0.1, 0.15) is 11.1 Å². The van der Waals surface area contributed by atoms with Crippen LogP contribution in [0.2, 0.25) is 5.02 Å². The van der Waals surface area contributed by atoms with Gasteiger partial charge in [-0.3, -0.25) is 14.9 Å². The lowest BCUT2D eigenvalue weighted by atomic mass is 10.1. The lowest BCUT2D eigenvalue weighted by Crippen LogP contribution is -2.23. The highest BCUT2D eigenvalue weighted by atomic mass is 35.5. The molecule has 2 aromatic rings. The van der Waals surface area contributed by atoms with Gasteiger partial charge in [0.25, 0.3) is 5.69 Å². The maximum absolute atomic E-state index is 11.7. The van der Waals surface area contributed by atoms with E-state index in [1.165, 1.54) is 18.2 Å². The highest BCUT2D eigenvalue weighted by Gasteiger charge is 2.02. The molecule has 0 saturated carbocycles. The number of halogens is 1. The molecule has 1 N–H and O–H groups in total. The van der Waals surface area contributed by atoms with Crippen molar-refractivity contribution < 1.29 is 9.72 Å². The second-order valence-corrected chi connectivity index (χ2v) is 5.29. The van der Waals surface area contributed by atoms with Crippen molar-refractivity contribution >= 4 is 29.3 Å². The number of rotatable bonds is 6. The van der Waals surface area contributed by atoms with Gasteiger partial charge in [-0.2, -0.15) is 0 Å². The van der Waals surface area contributed by atoms with E-state index in [9.17, 15) is 14.9 Å². The Morgan fingerprint density at radius 3 is 2.61 bits per heavy atom. The summed E-state index contributed by atoms with van der Waals surface area (Å²) in [6, 6.07) is 13.5. The zero-order valence-electron chi connectivity index (χ0n) is 12.2. The van der Waals surface area contributed by atoms with Gasteiger partial charge < -0.3 is 5.32 Å². The lowest BCUT2D eigenvalue weighted by molar-refractivity contribution is -0.384. The molecule has 0 bridgehead atoms. The largest absolute Gasteiger partial charge is 0.352 e. The SMILES string of the molecule is O=C(/C=C/c1ccc([N+](=O)[O-])cc1)NCCc1cccc(Cl)c1. The van der Waals surface area contributed by atoms with E-state index in [4.69, 9.17) is 11.6 Å². The zero-order chi connectivity index (χ0) is 16.7. The predicted molar refractivity (Wildman–Crippen MR) is 90.3 cm³/mol. The second-order valence-electron chi connectivity index (χ2n) is 4.85. The minimum Gasteiger partial charge on any atom is -0.352 e. The van der Waals surface area contributed by atoms with Gasteiger partial charge in [-0.15, -0.1) is 0 Å². The molecule has 0 aromatic heterocycles. The van der Waals surface area contributed by atoms with E-state index < -0.39 is 4.92 Å². The average molecular weight is 331 g/mol. The molecule has 23 heavy (non-hydrogen) atoms. The summed E-state index contributed by atoms with van der Waals surface area (Å²) in [5.41, 5.74) is 1.80. The van der Waals surface area contributed by atoms with Crippen LogP contribution < -0.4 is 5.32 Å². The summed E-state index contributed by atoms with van der Waals surface area (Å²) in [6.45, 7) is 0.504. The van der Waals surface area contributed by atoms with Gasteiger partial charge in [-0.05, 0) is 47.9 Å². The van der Waals surface area contributed by atoms with E-state index in [2.05, 4.69) is 5.32 Å². The van der Waals surface area contributed by atoms with E-state index in [1.807, 2.05) is 18.2 Å². The molecule has 5 nitrogen and oxygen atoms in total. The van der Waals surface area contributed by atoms with Crippen LogP contribution in [0.25, 0.3) is 6.08 Å². The quantitative estimate of drug-likeness (QED) is 0.499. The number of hydrogen-bond donors (Lipinski definition) is 1. The van der Waals surface area contributed by atoms with Crippen LogP contribution in [0.5, 0.6) is 0 Å². The first kappa shape index (κ1) is 16.7. The first-order valence-corrected chi connectivity index (χ1v) is 7.37. The maximum Gasteiger partial charge on any atom is 0.269 e. The third-order valence-corrected chi connectivity index (χ3v) is 3.37. The maximum atomic E-state index is 11.7. The van der Waals surface area contributed by atoms with E-state index in [0.717, 1.165) is 11.1 Å². The number of amides is 1. The van der Waals surface area contributed by atoms with E-state index >= 15 is 0 Å². The number of nitrogens with zero attached hydrogens (tertiary/aromatic N) is 1. The molecule has 0 fully saturated rings. The summed E-state index contributed by atoms with van der Waals surface area (Å²) in [4.78, 5) is 21.8. The van der Waals surface area contributed by atoms with Gasteiger partial charge in [0, 0.05) is 29.8 Å². The fourth-order valence-electron chi connectivity index (χ4n) is 1.96. The van der Waals surface area contributed by atoms with Gasteiger partial charge >= 0.3 is 0 Å². The van der Waals surface area contributed by atoms with Crippen molar-refractivity contribution in [2.24, 2.45) is 0 Å². The molecular formula is C17H15ClN2O3. The topological polar surface area (TPSA) is 72.2 Å². The lowest BCUT2D eigenvalue weighted by Gasteiger charge is -2.03. The molecule has 0 aliphatic heterocycles. The molecule has 118 valence electrons. The summed E-state index contributed by atoms with van der Waals surface area (Å²) in [7, 11) is 0. The van der Waals surface area contributed by atoms with Crippen LogP contribution in [0.3, 0.4) is 0 Å². The molecule has 0 atom stereocenters. The fourth-order valence-corrected chi connectivity index (χ4v) is 2.17. The predicted octanol–water partition coefficient (Wildman–Crippen LogP) is 3.62. The van der Waals surface area contributed by atoms with E-state index in [1.54, 1.807) is 24.3 Å². The summed E-state index contributed by atoms with van der Waals surface area (Å²) in [5, 5.41) is 14.0. The van der Waals surface area contributed by atoms with Crippen LogP contribution in [0.15, 0.2) is 54.6 Å². The molecule has 6 heteroatoms. The van der Waals surface area contributed by atoms with Gasteiger partial charge in [0.05, 0.1) is 4.92 Å². The number of non-ortho nitro benzene ring substituents is 1. The number of nitro groups is 1. The Hall–Kier alpha value is -2.66. The third-order valence-electron chi connectivity index (χ3n) is 3.13. The Morgan fingerprint density at radius 1 is 1.22 bits per heavy atom. The first-order chi connectivity index (χ1) is 11.0. The van der Waals surface area contributed by atoms with Crippen LogP contribution in [0, 0.1) is 10.1 Å². The number of nitrogens with one attached hydrogen (secondary N) is 1.